The highest BCUT2D eigenvalue weighted by Gasteiger charge is 2.44. The number of hydrogen-bond acceptors (Lipinski definition) is 6. The number of aromatic nitrogens is 3. The average Bonchev–Trinajstić information content (AvgIpc) is 3.29. The Morgan fingerprint density at radius 1 is 1.03 bits per heavy atom. The van der Waals surface area contributed by atoms with Crippen LogP contribution in [0.15, 0.2) is 67.3 Å². The number of likely N-dealkylation sites (tertiary alicyclic amines) is 1. The first-order valence-electron chi connectivity index (χ1n) is 10.7. The molecule has 0 radical (unpaired) electrons. The number of morpholine rings is 1. The van der Waals surface area contributed by atoms with E-state index in [1.165, 1.54) is 11.9 Å². The first kappa shape index (κ1) is 20.3. The van der Waals surface area contributed by atoms with Gasteiger partial charge in [-0.3, -0.25) is 9.59 Å². The number of rotatable bonds is 5. The van der Waals surface area contributed by atoms with E-state index in [-0.39, 0.29) is 30.6 Å². The van der Waals surface area contributed by atoms with Crippen molar-refractivity contribution in [2.75, 3.05) is 26.2 Å². The van der Waals surface area contributed by atoms with Crippen molar-refractivity contribution in [2.24, 2.45) is 0 Å². The van der Waals surface area contributed by atoms with Crippen molar-refractivity contribution >= 4 is 11.8 Å². The van der Waals surface area contributed by atoms with Crippen molar-refractivity contribution in [3.8, 4) is 11.3 Å². The predicted octanol–water partition coefficient (Wildman–Crippen LogP) is 1.83. The van der Waals surface area contributed by atoms with Crippen LogP contribution in [0.4, 0.5) is 0 Å². The van der Waals surface area contributed by atoms with Gasteiger partial charge >= 0.3 is 0 Å². The minimum atomic E-state index is -0.182. The van der Waals surface area contributed by atoms with E-state index in [2.05, 4.69) is 27.1 Å². The molecule has 5 rings (SSSR count). The summed E-state index contributed by atoms with van der Waals surface area (Å²) in [7, 11) is 0. The third kappa shape index (κ3) is 4.09. The molecule has 1 aromatic carbocycles. The molecule has 8 heteroatoms. The number of carbonyl (C=O) groups excluding carboxylic acids is 2. The molecule has 4 heterocycles. The highest BCUT2D eigenvalue weighted by molar-refractivity contribution is 5.93. The van der Waals surface area contributed by atoms with Crippen molar-refractivity contribution in [3.05, 3.63) is 78.5 Å². The van der Waals surface area contributed by atoms with Crippen LogP contribution in [-0.4, -0.2) is 75.0 Å². The number of nitrogens with zero attached hydrogens (tertiary/aromatic N) is 5. The van der Waals surface area contributed by atoms with Crippen LogP contribution >= 0.6 is 0 Å². The Bertz CT molecular complexity index is 1110. The van der Waals surface area contributed by atoms with E-state index in [9.17, 15) is 9.59 Å². The highest BCUT2D eigenvalue weighted by atomic mass is 16.5. The van der Waals surface area contributed by atoms with Crippen LogP contribution in [0.25, 0.3) is 11.3 Å². The Kier molecular flexibility index (Phi) is 5.60. The number of pyridine rings is 1. The molecule has 2 fully saturated rings. The molecule has 162 valence electrons. The van der Waals surface area contributed by atoms with Gasteiger partial charge in [-0.2, -0.15) is 0 Å². The molecule has 2 saturated heterocycles. The predicted molar refractivity (Wildman–Crippen MR) is 117 cm³/mol. The Morgan fingerprint density at radius 3 is 2.66 bits per heavy atom. The van der Waals surface area contributed by atoms with Gasteiger partial charge in [-0.05, 0) is 24.1 Å². The van der Waals surface area contributed by atoms with Gasteiger partial charge < -0.3 is 14.5 Å². The largest absolute Gasteiger partial charge is 0.364 e. The van der Waals surface area contributed by atoms with E-state index in [0.29, 0.717) is 31.0 Å². The van der Waals surface area contributed by atoms with Gasteiger partial charge in [0, 0.05) is 37.6 Å². The quantitative estimate of drug-likeness (QED) is 0.615. The second-order valence-corrected chi connectivity index (χ2v) is 7.98. The number of benzene rings is 1. The molecule has 2 atom stereocenters. The molecule has 2 amide bonds. The first-order valence-corrected chi connectivity index (χ1v) is 10.7. The van der Waals surface area contributed by atoms with Gasteiger partial charge in [0.05, 0.1) is 17.8 Å². The van der Waals surface area contributed by atoms with Crippen LogP contribution in [0.2, 0.25) is 0 Å². The van der Waals surface area contributed by atoms with Crippen LogP contribution < -0.4 is 0 Å². The molecule has 0 aliphatic carbocycles. The van der Waals surface area contributed by atoms with Gasteiger partial charge in [0.25, 0.3) is 5.91 Å². The van der Waals surface area contributed by atoms with E-state index < -0.39 is 0 Å². The third-order valence-electron chi connectivity index (χ3n) is 5.97. The molecule has 0 bridgehead atoms. The lowest BCUT2D eigenvalue weighted by atomic mass is 10.1. The average molecular weight is 429 g/mol. The number of ether oxygens (including phenoxy) is 1. The molecule has 32 heavy (non-hydrogen) atoms. The van der Waals surface area contributed by atoms with Gasteiger partial charge in [-0.1, -0.05) is 36.4 Å². The van der Waals surface area contributed by atoms with Crippen molar-refractivity contribution in [2.45, 2.75) is 18.6 Å². The van der Waals surface area contributed by atoms with Gasteiger partial charge in [-0.25, -0.2) is 15.0 Å². The van der Waals surface area contributed by atoms with Crippen LogP contribution in [0.3, 0.4) is 0 Å². The minimum absolute atomic E-state index is 0.0271. The van der Waals surface area contributed by atoms with Gasteiger partial charge in [-0.15, -0.1) is 0 Å². The number of amides is 2. The summed E-state index contributed by atoms with van der Waals surface area (Å²) in [5.41, 5.74) is 2.93. The molecule has 8 nitrogen and oxygen atoms in total. The summed E-state index contributed by atoms with van der Waals surface area (Å²) in [6.07, 6.45) is 5.37. The molecule has 0 spiro atoms. The number of hydrogen-bond donors (Lipinski definition) is 0. The molecule has 0 unspecified atom stereocenters. The fourth-order valence-electron chi connectivity index (χ4n) is 4.32. The fourth-order valence-corrected chi connectivity index (χ4v) is 4.32. The molecular formula is C24H23N5O3. The van der Waals surface area contributed by atoms with Crippen LogP contribution in [0, 0.1) is 0 Å². The topological polar surface area (TPSA) is 88.5 Å². The monoisotopic (exact) mass is 429 g/mol. The normalized spacial score (nSPS) is 20.3. The molecule has 2 aromatic heterocycles. The van der Waals surface area contributed by atoms with Gasteiger partial charge in [0.15, 0.2) is 0 Å². The van der Waals surface area contributed by atoms with E-state index in [0.717, 1.165) is 12.0 Å². The van der Waals surface area contributed by atoms with Gasteiger partial charge in [0.1, 0.15) is 18.6 Å². The molecule has 0 saturated carbocycles. The van der Waals surface area contributed by atoms with Crippen molar-refractivity contribution < 1.29 is 14.3 Å². The Hall–Kier alpha value is -3.65. The summed E-state index contributed by atoms with van der Waals surface area (Å²) < 4.78 is 5.78. The molecule has 0 N–H and O–H groups in total. The van der Waals surface area contributed by atoms with Crippen LogP contribution in [-0.2, 0) is 16.0 Å². The summed E-state index contributed by atoms with van der Waals surface area (Å²) in [5.74, 6) is -0.196. The zero-order valence-corrected chi connectivity index (χ0v) is 17.5. The standard InChI is InChI=1S/C24H23N5O3/c30-23-15-32-22-14-28(13-21(22)29(23)10-9-17-5-2-1-3-6-17)24(31)20-8-4-7-19(27-20)18-11-25-16-26-12-18/h1-8,11-12,16,21-22H,9-10,13-15H2/t21-,22-/m0/s1. The maximum atomic E-state index is 13.2. The summed E-state index contributed by atoms with van der Waals surface area (Å²) in [4.78, 5) is 42.0. The minimum Gasteiger partial charge on any atom is -0.364 e. The van der Waals surface area contributed by atoms with Crippen molar-refractivity contribution in [1.82, 2.24) is 24.8 Å². The summed E-state index contributed by atoms with van der Waals surface area (Å²) in [6.45, 7) is 1.54. The summed E-state index contributed by atoms with van der Waals surface area (Å²) in [6, 6.07) is 15.3. The van der Waals surface area contributed by atoms with Crippen LogP contribution in [0.5, 0.6) is 0 Å². The van der Waals surface area contributed by atoms with E-state index >= 15 is 0 Å². The fraction of sp³-hybridized carbons (Fsp3) is 0.292. The summed E-state index contributed by atoms with van der Waals surface area (Å²) >= 11 is 0. The second-order valence-electron chi connectivity index (χ2n) is 7.98. The maximum absolute atomic E-state index is 13.2. The zero-order chi connectivity index (χ0) is 21.9. The first-order chi connectivity index (χ1) is 15.7. The lowest BCUT2D eigenvalue weighted by molar-refractivity contribution is -0.152. The van der Waals surface area contributed by atoms with Crippen molar-refractivity contribution in [1.29, 1.82) is 0 Å². The highest BCUT2D eigenvalue weighted by Crippen LogP contribution is 2.25. The second kappa shape index (κ2) is 8.84. The molecular weight excluding hydrogens is 406 g/mol. The summed E-state index contributed by atoms with van der Waals surface area (Å²) in [5, 5.41) is 0. The molecule has 2 aliphatic rings. The molecule has 3 aromatic rings. The zero-order valence-electron chi connectivity index (χ0n) is 17.5. The maximum Gasteiger partial charge on any atom is 0.272 e. The van der Waals surface area contributed by atoms with Gasteiger partial charge in [0.2, 0.25) is 5.91 Å². The number of carbonyl (C=O) groups is 2. The number of fused-ring (bicyclic) bond motifs is 1. The van der Waals surface area contributed by atoms with E-state index in [1.54, 1.807) is 29.4 Å². The van der Waals surface area contributed by atoms with Crippen molar-refractivity contribution in [3.63, 3.8) is 0 Å². The molecule has 2 aliphatic heterocycles. The smallest absolute Gasteiger partial charge is 0.272 e. The Balaban J connectivity index is 1.30. The Labute approximate surface area is 185 Å². The third-order valence-corrected chi connectivity index (χ3v) is 5.97. The van der Waals surface area contributed by atoms with E-state index in [4.69, 9.17) is 4.74 Å². The SMILES string of the molecule is O=C(c1cccc(-c2cncnc2)n1)N1C[C@@H]2OCC(=O)N(CCc3ccccc3)[C@H]2C1. The Morgan fingerprint density at radius 2 is 1.84 bits per heavy atom. The van der Waals surface area contributed by atoms with E-state index in [1.807, 2.05) is 29.2 Å². The lowest BCUT2D eigenvalue weighted by Gasteiger charge is -2.36. The van der Waals surface area contributed by atoms with Crippen LogP contribution in [0.1, 0.15) is 16.1 Å². The lowest BCUT2D eigenvalue weighted by Crippen LogP contribution is -2.54.